The van der Waals surface area contributed by atoms with Crippen molar-refractivity contribution in [1.29, 1.82) is 5.26 Å². The summed E-state index contributed by atoms with van der Waals surface area (Å²) < 4.78 is 0. The molecule has 1 aliphatic rings. The molecule has 2 atom stereocenters. The Morgan fingerprint density at radius 2 is 2.40 bits per heavy atom. The number of rotatable bonds is 4. The summed E-state index contributed by atoms with van der Waals surface area (Å²) in [6, 6.07) is 2.26. The summed E-state index contributed by atoms with van der Waals surface area (Å²) >= 11 is 0. The number of carbonyl (C=O) groups is 1. The van der Waals surface area contributed by atoms with Crippen molar-refractivity contribution in [1.82, 2.24) is 10.2 Å². The van der Waals surface area contributed by atoms with Gasteiger partial charge in [0.1, 0.15) is 0 Å². The zero-order valence-electron chi connectivity index (χ0n) is 8.94. The number of likely N-dealkylation sites (tertiary alicyclic amines) is 1. The summed E-state index contributed by atoms with van der Waals surface area (Å²) in [6.07, 6.45) is 0.658. The monoisotopic (exact) mass is 211 g/mol. The lowest BCUT2D eigenvalue weighted by atomic mass is 9.94. The summed E-state index contributed by atoms with van der Waals surface area (Å²) in [5, 5.41) is 20.8. The molecule has 2 unspecified atom stereocenters. The van der Waals surface area contributed by atoms with Crippen molar-refractivity contribution < 1.29 is 9.90 Å². The summed E-state index contributed by atoms with van der Waals surface area (Å²) in [5.41, 5.74) is 0. The normalized spacial score (nSPS) is 27.2. The van der Waals surface area contributed by atoms with Gasteiger partial charge in [-0.3, -0.25) is 9.69 Å². The summed E-state index contributed by atoms with van der Waals surface area (Å²) in [7, 11) is 0. The van der Waals surface area contributed by atoms with Crippen LogP contribution in [0.2, 0.25) is 0 Å². The van der Waals surface area contributed by atoms with Gasteiger partial charge in [-0.2, -0.15) is 5.26 Å². The highest BCUT2D eigenvalue weighted by molar-refractivity contribution is 5.70. The molecule has 5 nitrogen and oxygen atoms in total. The minimum atomic E-state index is -0.763. The molecule has 1 heterocycles. The highest BCUT2D eigenvalue weighted by atomic mass is 16.4. The number of nitrogens with zero attached hydrogens (tertiary/aromatic N) is 2. The quantitative estimate of drug-likeness (QED) is 0.635. The Balaban J connectivity index is 2.56. The molecule has 0 aromatic rings. The van der Waals surface area contributed by atoms with Crippen LogP contribution >= 0.6 is 0 Å². The first-order valence-electron chi connectivity index (χ1n) is 5.22. The maximum atomic E-state index is 10.9. The number of piperidine rings is 1. The Labute approximate surface area is 89.7 Å². The fraction of sp³-hybridized carbons (Fsp3) is 0.800. The molecule has 1 fully saturated rings. The Morgan fingerprint density at radius 1 is 1.67 bits per heavy atom. The number of nitriles is 1. The van der Waals surface area contributed by atoms with E-state index in [1.54, 1.807) is 0 Å². The van der Waals surface area contributed by atoms with Crippen LogP contribution in [0.15, 0.2) is 0 Å². The third-order valence-electron chi connectivity index (χ3n) is 2.66. The van der Waals surface area contributed by atoms with Crippen LogP contribution in [-0.4, -0.2) is 48.2 Å². The van der Waals surface area contributed by atoms with E-state index in [2.05, 4.69) is 11.4 Å². The summed E-state index contributed by atoms with van der Waals surface area (Å²) in [4.78, 5) is 12.8. The maximum Gasteiger partial charge on any atom is 0.307 e. The SMILES string of the molecule is CCNC1CC(C(=O)O)CN(CC#N)C1. The summed E-state index contributed by atoms with van der Waals surface area (Å²) in [5.74, 6) is -1.11. The van der Waals surface area contributed by atoms with Crippen molar-refractivity contribution in [2.75, 3.05) is 26.2 Å². The molecular formula is C10H17N3O2. The van der Waals surface area contributed by atoms with Crippen LogP contribution in [-0.2, 0) is 4.79 Å². The van der Waals surface area contributed by atoms with E-state index in [-0.39, 0.29) is 12.0 Å². The molecule has 0 spiro atoms. The molecule has 1 saturated heterocycles. The topological polar surface area (TPSA) is 76.4 Å². The minimum Gasteiger partial charge on any atom is -0.481 e. The highest BCUT2D eigenvalue weighted by Gasteiger charge is 2.30. The Hall–Kier alpha value is -1.12. The van der Waals surface area contributed by atoms with Crippen LogP contribution in [0, 0.1) is 17.2 Å². The van der Waals surface area contributed by atoms with Crippen molar-refractivity contribution in [2.45, 2.75) is 19.4 Å². The molecule has 0 bridgehead atoms. The van der Waals surface area contributed by atoms with E-state index in [0.717, 1.165) is 13.1 Å². The van der Waals surface area contributed by atoms with E-state index >= 15 is 0 Å². The lowest BCUT2D eigenvalue weighted by Gasteiger charge is -2.35. The molecule has 1 aliphatic heterocycles. The minimum absolute atomic E-state index is 0.193. The van der Waals surface area contributed by atoms with E-state index in [0.29, 0.717) is 19.5 Å². The predicted octanol–water partition coefficient (Wildman–Crippen LogP) is -0.105. The molecule has 84 valence electrons. The molecule has 2 N–H and O–H groups in total. The first kappa shape index (κ1) is 12.0. The molecular weight excluding hydrogens is 194 g/mol. The maximum absolute atomic E-state index is 10.9. The second kappa shape index (κ2) is 5.69. The molecule has 1 rings (SSSR count). The van der Waals surface area contributed by atoms with Crippen LogP contribution in [0.4, 0.5) is 0 Å². The van der Waals surface area contributed by atoms with Gasteiger partial charge in [-0.05, 0) is 13.0 Å². The summed E-state index contributed by atoms with van der Waals surface area (Å²) in [6.45, 7) is 4.40. The zero-order valence-corrected chi connectivity index (χ0v) is 8.94. The average molecular weight is 211 g/mol. The van der Waals surface area contributed by atoms with Crippen LogP contribution in [0.5, 0.6) is 0 Å². The van der Waals surface area contributed by atoms with Gasteiger partial charge in [0.2, 0.25) is 0 Å². The third kappa shape index (κ3) is 3.50. The number of aliphatic carboxylic acids is 1. The number of likely N-dealkylation sites (N-methyl/N-ethyl adjacent to an activating group) is 1. The van der Waals surface area contributed by atoms with Crippen molar-refractivity contribution in [2.24, 2.45) is 5.92 Å². The standard InChI is InChI=1S/C10H17N3O2/c1-2-12-9-5-8(10(14)15)6-13(7-9)4-3-11/h8-9,12H,2,4-7H2,1H3,(H,14,15). The fourth-order valence-corrected chi connectivity index (χ4v) is 2.03. The molecule has 0 amide bonds. The number of hydrogen-bond donors (Lipinski definition) is 2. The van der Waals surface area contributed by atoms with Crippen molar-refractivity contribution in [3.05, 3.63) is 0 Å². The van der Waals surface area contributed by atoms with E-state index in [1.165, 1.54) is 0 Å². The first-order valence-corrected chi connectivity index (χ1v) is 5.22. The number of carboxylic acid groups (broad SMARTS) is 1. The second-order valence-corrected chi connectivity index (χ2v) is 3.88. The molecule has 0 saturated carbocycles. The molecule has 5 heteroatoms. The van der Waals surface area contributed by atoms with Crippen LogP contribution in [0.25, 0.3) is 0 Å². The average Bonchev–Trinajstić information content (AvgIpc) is 2.18. The lowest BCUT2D eigenvalue weighted by molar-refractivity contribution is -0.143. The Kier molecular flexibility index (Phi) is 4.53. The van der Waals surface area contributed by atoms with Crippen LogP contribution < -0.4 is 5.32 Å². The molecule has 0 aromatic heterocycles. The van der Waals surface area contributed by atoms with E-state index in [1.807, 2.05) is 11.8 Å². The van der Waals surface area contributed by atoms with Gasteiger partial charge in [-0.15, -0.1) is 0 Å². The number of hydrogen-bond acceptors (Lipinski definition) is 4. The van der Waals surface area contributed by atoms with Crippen LogP contribution in [0.3, 0.4) is 0 Å². The second-order valence-electron chi connectivity index (χ2n) is 3.88. The zero-order chi connectivity index (χ0) is 11.3. The first-order chi connectivity index (χ1) is 7.17. The van der Waals surface area contributed by atoms with Gasteiger partial charge in [0.25, 0.3) is 0 Å². The van der Waals surface area contributed by atoms with Crippen molar-refractivity contribution >= 4 is 5.97 Å². The van der Waals surface area contributed by atoms with E-state index in [9.17, 15) is 4.79 Å². The predicted molar refractivity (Wildman–Crippen MR) is 55.3 cm³/mol. The molecule has 0 aromatic carbocycles. The lowest BCUT2D eigenvalue weighted by Crippen LogP contribution is -2.50. The number of carboxylic acids is 1. The van der Waals surface area contributed by atoms with Gasteiger partial charge in [-0.1, -0.05) is 6.92 Å². The van der Waals surface area contributed by atoms with Gasteiger partial charge in [-0.25, -0.2) is 0 Å². The van der Waals surface area contributed by atoms with Gasteiger partial charge in [0, 0.05) is 19.1 Å². The van der Waals surface area contributed by atoms with Crippen molar-refractivity contribution in [3.63, 3.8) is 0 Å². The molecule has 0 radical (unpaired) electrons. The number of nitrogens with one attached hydrogen (secondary N) is 1. The molecule has 0 aliphatic carbocycles. The van der Waals surface area contributed by atoms with Gasteiger partial charge in [0.05, 0.1) is 18.5 Å². The fourth-order valence-electron chi connectivity index (χ4n) is 2.03. The smallest absolute Gasteiger partial charge is 0.307 e. The largest absolute Gasteiger partial charge is 0.481 e. The van der Waals surface area contributed by atoms with Gasteiger partial charge in [0.15, 0.2) is 0 Å². The van der Waals surface area contributed by atoms with Crippen LogP contribution in [0.1, 0.15) is 13.3 Å². The van der Waals surface area contributed by atoms with E-state index in [4.69, 9.17) is 10.4 Å². The Bertz CT molecular complexity index is 262. The van der Waals surface area contributed by atoms with E-state index < -0.39 is 5.97 Å². The Morgan fingerprint density at radius 3 is 2.93 bits per heavy atom. The van der Waals surface area contributed by atoms with Crippen molar-refractivity contribution in [3.8, 4) is 6.07 Å². The highest BCUT2D eigenvalue weighted by Crippen LogP contribution is 2.16. The van der Waals surface area contributed by atoms with Gasteiger partial charge < -0.3 is 10.4 Å². The molecule has 15 heavy (non-hydrogen) atoms. The third-order valence-corrected chi connectivity index (χ3v) is 2.66. The van der Waals surface area contributed by atoms with Gasteiger partial charge >= 0.3 is 5.97 Å².